The zero-order valence-corrected chi connectivity index (χ0v) is 12.8. The molecule has 1 amide bonds. The van der Waals surface area contributed by atoms with E-state index in [9.17, 15) is 9.59 Å². The van der Waals surface area contributed by atoms with E-state index in [1.54, 1.807) is 13.0 Å². The fourth-order valence-electron chi connectivity index (χ4n) is 2.48. The summed E-state index contributed by atoms with van der Waals surface area (Å²) in [6, 6.07) is 2.90. The first-order valence-corrected chi connectivity index (χ1v) is 7.55. The van der Waals surface area contributed by atoms with Crippen molar-refractivity contribution in [1.29, 1.82) is 0 Å². The smallest absolute Gasteiger partial charge is 0.255 e. The van der Waals surface area contributed by atoms with E-state index < -0.39 is 0 Å². The minimum absolute atomic E-state index is 0.107. The number of hydrogen-bond acceptors (Lipinski definition) is 6. The maximum absolute atomic E-state index is 12.0. The van der Waals surface area contributed by atoms with Crippen molar-refractivity contribution >= 4 is 5.91 Å². The van der Waals surface area contributed by atoms with Gasteiger partial charge in [-0.3, -0.25) is 9.59 Å². The molecule has 1 unspecified atom stereocenters. The van der Waals surface area contributed by atoms with Gasteiger partial charge < -0.3 is 19.6 Å². The van der Waals surface area contributed by atoms with Gasteiger partial charge in [0.25, 0.3) is 11.8 Å². The number of hydrogen-bond donors (Lipinski definition) is 2. The van der Waals surface area contributed by atoms with Crippen molar-refractivity contribution in [2.24, 2.45) is 0 Å². The molecule has 0 bridgehead atoms. The Bertz CT molecular complexity index is 746. The van der Waals surface area contributed by atoms with Crippen LogP contribution in [0.5, 0.6) is 0 Å². The number of nitrogens with one attached hydrogen (secondary N) is 2. The van der Waals surface area contributed by atoms with Crippen molar-refractivity contribution in [2.45, 2.75) is 32.3 Å². The van der Waals surface area contributed by atoms with Gasteiger partial charge in [0.15, 0.2) is 5.82 Å². The first-order chi connectivity index (χ1) is 11.1. The molecular formula is C15H18N4O4. The van der Waals surface area contributed by atoms with Crippen molar-refractivity contribution in [3.63, 3.8) is 0 Å². The highest BCUT2D eigenvalue weighted by Gasteiger charge is 2.23. The van der Waals surface area contributed by atoms with Crippen LogP contribution in [0, 0.1) is 6.92 Å². The largest absolute Gasteiger partial charge is 0.368 e. The Labute approximate surface area is 132 Å². The molecule has 122 valence electrons. The summed E-state index contributed by atoms with van der Waals surface area (Å²) in [7, 11) is 0. The van der Waals surface area contributed by atoms with Gasteiger partial charge in [-0.2, -0.15) is 4.98 Å². The number of pyridine rings is 1. The summed E-state index contributed by atoms with van der Waals surface area (Å²) in [6.07, 6.45) is 2.23. The van der Waals surface area contributed by atoms with Crippen LogP contribution >= 0.6 is 0 Å². The van der Waals surface area contributed by atoms with Crippen molar-refractivity contribution in [2.75, 3.05) is 13.2 Å². The minimum atomic E-state index is -0.304. The highest BCUT2D eigenvalue weighted by molar-refractivity contribution is 5.94. The fraction of sp³-hybridized carbons (Fsp3) is 0.467. The average molecular weight is 318 g/mol. The number of aromatic nitrogens is 3. The molecule has 0 saturated carbocycles. The predicted molar refractivity (Wildman–Crippen MR) is 80.1 cm³/mol. The number of H-pyrrole nitrogens is 1. The van der Waals surface area contributed by atoms with E-state index in [1.165, 1.54) is 6.07 Å². The van der Waals surface area contributed by atoms with E-state index in [0.29, 0.717) is 42.5 Å². The minimum Gasteiger partial charge on any atom is -0.368 e. The Kier molecular flexibility index (Phi) is 4.52. The van der Waals surface area contributed by atoms with Gasteiger partial charge in [0.2, 0.25) is 5.56 Å². The van der Waals surface area contributed by atoms with Gasteiger partial charge in [-0.1, -0.05) is 5.16 Å². The van der Waals surface area contributed by atoms with Crippen LogP contribution in [0.4, 0.5) is 0 Å². The third-order valence-electron chi connectivity index (χ3n) is 3.56. The molecule has 1 saturated heterocycles. The number of amides is 1. The summed E-state index contributed by atoms with van der Waals surface area (Å²) < 4.78 is 10.7. The SMILES string of the molecule is Cc1cc(C(=O)NCCc2noc(C3CCCO3)n2)cc(=O)[nH]1. The molecule has 0 radical (unpaired) electrons. The van der Waals surface area contributed by atoms with Crippen LogP contribution in [0.25, 0.3) is 0 Å². The van der Waals surface area contributed by atoms with Crippen molar-refractivity contribution in [1.82, 2.24) is 20.4 Å². The average Bonchev–Trinajstić information content (AvgIpc) is 3.17. The molecule has 0 aliphatic carbocycles. The molecule has 3 heterocycles. The Morgan fingerprint density at radius 3 is 3.09 bits per heavy atom. The summed E-state index contributed by atoms with van der Waals surface area (Å²) in [4.78, 5) is 30.2. The lowest BCUT2D eigenvalue weighted by molar-refractivity contribution is 0.0835. The van der Waals surface area contributed by atoms with E-state index in [1.807, 2.05) is 0 Å². The summed E-state index contributed by atoms with van der Waals surface area (Å²) in [5.41, 5.74) is 0.677. The van der Waals surface area contributed by atoms with E-state index in [4.69, 9.17) is 9.26 Å². The van der Waals surface area contributed by atoms with E-state index in [0.717, 1.165) is 12.8 Å². The second kappa shape index (κ2) is 6.74. The number of carbonyl (C=O) groups excluding carboxylic acids is 1. The van der Waals surface area contributed by atoms with Gasteiger partial charge in [-0.05, 0) is 25.8 Å². The fourth-order valence-corrected chi connectivity index (χ4v) is 2.48. The lowest BCUT2D eigenvalue weighted by Gasteiger charge is -2.04. The van der Waals surface area contributed by atoms with Crippen LogP contribution < -0.4 is 10.9 Å². The van der Waals surface area contributed by atoms with Crippen LogP contribution in [-0.4, -0.2) is 34.2 Å². The molecule has 1 aliphatic rings. The molecule has 1 fully saturated rings. The number of rotatable bonds is 5. The van der Waals surface area contributed by atoms with Crippen LogP contribution in [-0.2, 0) is 11.2 Å². The van der Waals surface area contributed by atoms with Crippen molar-refractivity contribution < 1.29 is 14.1 Å². The highest BCUT2D eigenvalue weighted by atomic mass is 16.5. The zero-order valence-electron chi connectivity index (χ0n) is 12.8. The summed E-state index contributed by atoms with van der Waals surface area (Å²) in [6.45, 7) is 2.80. The Hall–Kier alpha value is -2.48. The van der Waals surface area contributed by atoms with Gasteiger partial charge in [-0.15, -0.1) is 0 Å². The molecular weight excluding hydrogens is 300 g/mol. The summed E-state index contributed by atoms with van der Waals surface area (Å²) >= 11 is 0. The topological polar surface area (TPSA) is 110 Å². The second-order valence-corrected chi connectivity index (χ2v) is 5.47. The predicted octanol–water partition coefficient (Wildman–Crippen LogP) is 0.890. The van der Waals surface area contributed by atoms with E-state index >= 15 is 0 Å². The molecule has 0 aromatic carbocycles. The molecule has 2 N–H and O–H groups in total. The second-order valence-electron chi connectivity index (χ2n) is 5.47. The molecule has 8 nitrogen and oxygen atoms in total. The molecule has 1 atom stereocenters. The van der Waals surface area contributed by atoms with Gasteiger partial charge >= 0.3 is 0 Å². The Morgan fingerprint density at radius 2 is 2.35 bits per heavy atom. The monoisotopic (exact) mass is 318 g/mol. The van der Waals surface area contributed by atoms with E-state index in [2.05, 4.69) is 20.4 Å². The number of nitrogens with zero attached hydrogens (tertiary/aromatic N) is 2. The first kappa shape index (κ1) is 15.4. The highest BCUT2D eigenvalue weighted by Crippen LogP contribution is 2.26. The molecule has 0 spiro atoms. The molecule has 3 rings (SSSR count). The number of carbonyl (C=O) groups is 1. The molecule has 23 heavy (non-hydrogen) atoms. The summed E-state index contributed by atoms with van der Waals surface area (Å²) in [5.74, 6) is 0.717. The Balaban J connectivity index is 1.52. The molecule has 2 aromatic heterocycles. The van der Waals surface area contributed by atoms with Crippen LogP contribution in [0.1, 0.15) is 46.7 Å². The number of aromatic amines is 1. The normalized spacial score (nSPS) is 17.3. The van der Waals surface area contributed by atoms with Crippen molar-refractivity contribution in [3.8, 4) is 0 Å². The maximum Gasteiger partial charge on any atom is 0.255 e. The third-order valence-corrected chi connectivity index (χ3v) is 3.56. The first-order valence-electron chi connectivity index (χ1n) is 7.55. The summed E-state index contributed by atoms with van der Waals surface area (Å²) in [5, 5.41) is 6.62. The zero-order chi connectivity index (χ0) is 16.2. The van der Waals surface area contributed by atoms with Crippen LogP contribution in [0.15, 0.2) is 21.5 Å². The van der Waals surface area contributed by atoms with Gasteiger partial charge in [0, 0.05) is 36.9 Å². The van der Waals surface area contributed by atoms with E-state index in [-0.39, 0.29) is 17.6 Å². The lowest BCUT2D eigenvalue weighted by Crippen LogP contribution is -2.27. The lowest BCUT2D eigenvalue weighted by atomic mass is 10.2. The molecule has 8 heteroatoms. The molecule has 2 aromatic rings. The van der Waals surface area contributed by atoms with Crippen LogP contribution in [0.3, 0.4) is 0 Å². The van der Waals surface area contributed by atoms with Gasteiger partial charge in [-0.25, -0.2) is 0 Å². The number of ether oxygens (including phenoxy) is 1. The standard InChI is InChI=1S/C15H18N4O4/c1-9-7-10(8-13(20)17-9)14(21)16-5-4-12-18-15(23-19-12)11-3-2-6-22-11/h7-8,11H,2-6H2,1H3,(H,16,21)(H,17,20). The third kappa shape index (κ3) is 3.84. The van der Waals surface area contributed by atoms with Gasteiger partial charge in [0.1, 0.15) is 6.10 Å². The van der Waals surface area contributed by atoms with Crippen molar-refractivity contribution in [3.05, 3.63) is 45.5 Å². The van der Waals surface area contributed by atoms with Crippen LogP contribution in [0.2, 0.25) is 0 Å². The number of aryl methyl sites for hydroxylation is 1. The Morgan fingerprint density at radius 1 is 1.48 bits per heavy atom. The van der Waals surface area contributed by atoms with Gasteiger partial charge in [0.05, 0.1) is 0 Å². The maximum atomic E-state index is 12.0. The quantitative estimate of drug-likeness (QED) is 0.847. The molecule has 1 aliphatic heterocycles.